The molecule has 0 aliphatic carbocycles. The summed E-state index contributed by atoms with van der Waals surface area (Å²) in [5.74, 6) is 0.851. The van der Waals surface area contributed by atoms with Crippen LogP contribution in [0.15, 0.2) is 6.33 Å². The monoisotopic (exact) mass is 256 g/mol. The highest BCUT2D eigenvalue weighted by atomic mass is 35.5. The smallest absolute Gasteiger partial charge is 0.150 e. The van der Waals surface area contributed by atoms with Gasteiger partial charge in [0.15, 0.2) is 5.82 Å². The quantitative estimate of drug-likeness (QED) is 0.866. The summed E-state index contributed by atoms with van der Waals surface area (Å²) < 4.78 is 5.86. The van der Waals surface area contributed by atoms with E-state index in [9.17, 15) is 0 Å². The first-order chi connectivity index (χ1) is 7.98. The standard InChI is InChI=1S/C11H17ClN4O/c1-11(2)4-3-7(17-11)5-14-10-8(12)9(13)15-6-16-10/h6-7H,3-5H2,1-2H3,(H3,13,14,15,16)/t7-/m1/s1. The van der Waals surface area contributed by atoms with E-state index < -0.39 is 0 Å². The van der Waals surface area contributed by atoms with Crippen molar-refractivity contribution in [3.8, 4) is 0 Å². The number of anilines is 2. The fourth-order valence-corrected chi connectivity index (χ4v) is 2.10. The van der Waals surface area contributed by atoms with Crippen LogP contribution in [0.5, 0.6) is 0 Å². The molecule has 1 fully saturated rings. The molecule has 1 atom stereocenters. The van der Waals surface area contributed by atoms with Gasteiger partial charge in [0.1, 0.15) is 17.2 Å². The fourth-order valence-electron chi connectivity index (χ4n) is 1.94. The number of aromatic nitrogens is 2. The number of halogens is 1. The van der Waals surface area contributed by atoms with Crippen molar-refractivity contribution in [3.05, 3.63) is 11.3 Å². The average molecular weight is 257 g/mol. The highest BCUT2D eigenvalue weighted by Gasteiger charge is 2.31. The van der Waals surface area contributed by atoms with Gasteiger partial charge in [-0.2, -0.15) is 0 Å². The van der Waals surface area contributed by atoms with Crippen molar-refractivity contribution in [2.45, 2.75) is 38.4 Å². The molecule has 17 heavy (non-hydrogen) atoms. The summed E-state index contributed by atoms with van der Waals surface area (Å²) in [4.78, 5) is 7.85. The zero-order chi connectivity index (χ0) is 12.5. The molecule has 0 aromatic carbocycles. The molecule has 1 saturated heterocycles. The third kappa shape index (κ3) is 2.98. The Morgan fingerprint density at radius 2 is 2.35 bits per heavy atom. The average Bonchev–Trinajstić information content (AvgIpc) is 2.61. The topological polar surface area (TPSA) is 73.1 Å². The van der Waals surface area contributed by atoms with Crippen molar-refractivity contribution in [2.24, 2.45) is 0 Å². The molecule has 1 aliphatic rings. The van der Waals surface area contributed by atoms with Gasteiger partial charge >= 0.3 is 0 Å². The van der Waals surface area contributed by atoms with Gasteiger partial charge in [0.05, 0.1) is 11.7 Å². The van der Waals surface area contributed by atoms with Crippen molar-refractivity contribution in [3.63, 3.8) is 0 Å². The highest BCUT2D eigenvalue weighted by Crippen LogP contribution is 2.30. The minimum atomic E-state index is -0.0269. The molecule has 0 amide bonds. The summed E-state index contributed by atoms with van der Waals surface area (Å²) in [6.45, 7) is 4.88. The van der Waals surface area contributed by atoms with Crippen LogP contribution in [-0.4, -0.2) is 28.2 Å². The van der Waals surface area contributed by atoms with Crippen LogP contribution >= 0.6 is 11.6 Å². The summed E-state index contributed by atoms with van der Waals surface area (Å²) in [5, 5.41) is 3.51. The highest BCUT2D eigenvalue weighted by molar-refractivity contribution is 6.35. The lowest BCUT2D eigenvalue weighted by molar-refractivity contribution is -0.00913. The van der Waals surface area contributed by atoms with Gasteiger partial charge in [-0.25, -0.2) is 9.97 Å². The van der Waals surface area contributed by atoms with E-state index in [0.717, 1.165) is 12.8 Å². The van der Waals surface area contributed by atoms with Gasteiger partial charge in [0.2, 0.25) is 0 Å². The van der Waals surface area contributed by atoms with Gasteiger partial charge in [-0.15, -0.1) is 0 Å². The molecule has 2 rings (SSSR count). The van der Waals surface area contributed by atoms with Gasteiger partial charge < -0.3 is 15.8 Å². The Kier molecular flexibility index (Phi) is 3.40. The van der Waals surface area contributed by atoms with Crippen molar-refractivity contribution >= 4 is 23.2 Å². The zero-order valence-corrected chi connectivity index (χ0v) is 10.8. The largest absolute Gasteiger partial charge is 0.382 e. The molecule has 0 saturated carbocycles. The maximum Gasteiger partial charge on any atom is 0.150 e. The van der Waals surface area contributed by atoms with Crippen LogP contribution in [0.1, 0.15) is 26.7 Å². The number of hydrogen-bond donors (Lipinski definition) is 2. The Hall–Kier alpha value is -1.07. The van der Waals surface area contributed by atoms with Crippen LogP contribution in [0.4, 0.5) is 11.6 Å². The van der Waals surface area contributed by atoms with E-state index in [4.69, 9.17) is 22.1 Å². The van der Waals surface area contributed by atoms with E-state index in [-0.39, 0.29) is 17.5 Å². The predicted octanol–water partition coefficient (Wildman–Crippen LogP) is 2.08. The summed E-state index contributed by atoms with van der Waals surface area (Å²) in [6, 6.07) is 0. The van der Waals surface area contributed by atoms with E-state index in [2.05, 4.69) is 29.1 Å². The molecule has 0 unspecified atom stereocenters. The van der Waals surface area contributed by atoms with E-state index in [1.807, 2.05) is 0 Å². The first-order valence-corrected chi connectivity index (χ1v) is 6.03. The van der Waals surface area contributed by atoms with Crippen LogP contribution in [0, 0.1) is 0 Å². The van der Waals surface area contributed by atoms with Crippen LogP contribution < -0.4 is 11.1 Å². The van der Waals surface area contributed by atoms with Crippen LogP contribution in [0.3, 0.4) is 0 Å². The second-order valence-corrected chi connectivity index (χ2v) is 5.22. The molecular weight excluding hydrogens is 240 g/mol. The molecular formula is C11H17ClN4O. The van der Waals surface area contributed by atoms with Gasteiger partial charge in [0.25, 0.3) is 0 Å². The number of nitrogen functional groups attached to an aromatic ring is 1. The number of rotatable bonds is 3. The Morgan fingerprint density at radius 1 is 1.59 bits per heavy atom. The summed E-state index contributed by atoms with van der Waals surface area (Å²) in [7, 11) is 0. The Labute approximate surface area is 106 Å². The lowest BCUT2D eigenvalue weighted by Gasteiger charge is -2.19. The Morgan fingerprint density at radius 3 is 3.00 bits per heavy atom. The van der Waals surface area contributed by atoms with Gasteiger partial charge in [-0.1, -0.05) is 11.6 Å². The number of hydrogen-bond acceptors (Lipinski definition) is 5. The molecule has 1 aliphatic heterocycles. The van der Waals surface area contributed by atoms with E-state index in [1.54, 1.807) is 0 Å². The molecule has 1 aromatic heterocycles. The number of nitrogens with one attached hydrogen (secondary N) is 1. The third-order valence-electron chi connectivity index (χ3n) is 2.87. The molecule has 1 aromatic rings. The van der Waals surface area contributed by atoms with E-state index in [1.165, 1.54) is 6.33 Å². The summed E-state index contributed by atoms with van der Waals surface area (Å²) >= 11 is 5.98. The van der Waals surface area contributed by atoms with Crippen LogP contribution in [-0.2, 0) is 4.74 Å². The number of nitrogens with zero attached hydrogens (tertiary/aromatic N) is 2. The van der Waals surface area contributed by atoms with E-state index in [0.29, 0.717) is 17.4 Å². The second kappa shape index (κ2) is 4.66. The predicted molar refractivity (Wildman–Crippen MR) is 68.1 cm³/mol. The van der Waals surface area contributed by atoms with E-state index >= 15 is 0 Å². The molecule has 3 N–H and O–H groups in total. The van der Waals surface area contributed by atoms with Gasteiger partial charge in [0, 0.05) is 6.54 Å². The molecule has 94 valence electrons. The normalized spacial score (nSPS) is 22.6. The first-order valence-electron chi connectivity index (χ1n) is 5.65. The molecule has 0 spiro atoms. The number of ether oxygens (including phenoxy) is 1. The summed E-state index contributed by atoms with van der Waals surface area (Å²) in [6.07, 6.45) is 3.69. The minimum absolute atomic E-state index is 0.0269. The molecule has 6 heteroatoms. The Bertz CT molecular complexity index is 410. The van der Waals surface area contributed by atoms with Crippen molar-refractivity contribution < 1.29 is 4.74 Å². The summed E-state index contributed by atoms with van der Waals surface area (Å²) in [5.41, 5.74) is 5.57. The van der Waals surface area contributed by atoms with Crippen molar-refractivity contribution in [1.29, 1.82) is 0 Å². The molecule has 5 nitrogen and oxygen atoms in total. The molecule has 2 heterocycles. The van der Waals surface area contributed by atoms with Crippen molar-refractivity contribution in [1.82, 2.24) is 9.97 Å². The molecule has 0 radical (unpaired) electrons. The minimum Gasteiger partial charge on any atom is -0.382 e. The maximum atomic E-state index is 5.98. The van der Waals surface area contributed by atoms with Crippen LogP contribution in [0.25, 0.3) is 0 Å². The van der Waals surface area contributed by atoms with Crippen LogP contribution in [0.2, 0.25) is 5.02 Å². The third-order valence-corrected chi connectivity index (χ3v) is 3.24. The SMILES string of the molecule is CC1(C)CC[C@H](CNc2ncnc(N)c2Cl)O1. The zero-order valence-electron chi connectivity index (χ0n) is 10.0. The van der Waals surface area contributed by atoms with Gasteiger partial charge in [-0.05, 0) is 26.7 Å². The molecule has 0 bridgehead atoms. The second-order valence-electron chi connectivity index (χ2n) is 4.84. The first kappa shape index (κ1) is 12.4. The van der Waals surface area contributed by atoms with Crippen molar-refractivity contribution in [2.75, 3.05) is 17.6 Å². The maximum absolute atomic E-state index is 5.98. The number of nitrogens with two attached hydrogens (primary N) is 1. The lowest BCUT2D eigenvalue weighted by Crippen LogP contribution is -2.25. The fraction of sp³-hybridized carbons (Fsp3) is 0.636. The Balaban J connectivity index is 1.93. The lowest BCUT2D eigenvalue weighted by atomic mass is 10.1. The van der Waals surface area contributed by atoms with Gasteiger partial charge in [-0.3, -0.25) is 0 Å².